The van der Waals surface area contributed by atoms with Crippen LogP contribution in [0.3, 0.4) is 0 Å². The Balaban J connectivity index is 2.15. The Morgan fingerprint density at radius 1 is 1.37 bits per heavy atom. The van der Waals surface area contributed by atoms with Gasteiger partial charge in [-0.15, -0.1) is 0 Å². The third-order valence-corrected chi connectivity index (χ3v) is 3.15. The van der Waals surface area contributed by atoms with Crippen LogP contribution in [-0.2, 0) is 0 Å². The van der Waals surface area contributed by atoms with E-state index >= 15 is 0 Å². The quantitative estimate of drug-likeness (QED) is 0.772. The topological polar surface area (TPSA) is 65.1 Å². The van der Waals surface area contributed by atoms with Crippen LogP contribution in [0.4, 0.5) is 0 Å². The zero-order chi connectivity index (χ0) is 13.8. The van der Waals surface area contributed by atoms with Crippen LogP contribution in [0.15, 0.2) is 30.5 Å². The molecule has 1 atom stereocenters. The summed E-state index contributed by atoms with van der Waals surface area (Å²) in [7, 11) is 0. The number of carbonyl (C=O) groups is 1. The lowest BCUT2D eigenvalue weighted by molar-refractivity contribution is 0.0910. The van der Waals surface area contributed by atoms with Gasteiger partial charge in [-0.2, -0.15) is 0 Å². The lowest BCUT2D eigenvalue weighted by Gasteiger charge is -2.18. The van der Waals surface area contributed by atoms with Crippen LogP contribution in [-0.4, -0.2) is 28.6 Å². The molecule has 1 heterocycles. The predicted molar refractivity (Wildman–Crippen MR) is 76.1 cm³/mol. The number of carbonyl (C=O) groups excluding carboxylic acids is 1. The number of amides is 1. The molecule has 4 heteroatoms. The maximum atomic E-state index is 12.2. The number of fused-ring (bicyclic) bond motifs is 1. The second-order valence-corrected chi connectivity index (χ2v) is 5.23. The number of para-hydroxylation sites is 1. The summed E-state index contributed by atoms with van der Waals surface area (Å²) in [6.45, 7) is 4.10. The molecule has 0 bridgehead atoms. The second-order valence-electron chi connectivity index (χ2n) is 5.23. The number of rotatable bonds is 5. The van der Waals surface area contributed by atoms with Crippen molar-refractivity contribution in [3.63, 3.8) is 0 Å². The molecular formula is C15H20N2O2. The first-order valence-electron chi connectivity index (χ1n) is 6.59. The summed E-state index contributed by atoms with van der Waals surface area (Å²) < 4.78 is 0. The van der Waals surface area contributed by atoms with Crippen molar-refractivity contribution in [3.8, 4) is 0 Å². The number of aliphatic hydroxyl groups is 1. The van der Waals surface area contributed by atoms with Gasteiger partial charge in [-0.3, -0.25) is 4.79 Å². The summed E-state index contributed by atoms with van der Waals surface area (Å²) in [6.07, 6.45) is 2.48. The van der Waals surface area contributed by atoms with E-state index < -0.39 is 0 Å². The molecule has 2 rings (SSSR count). The third kappa shape index (κ3) is 3.15. The molecule has 0 aliphatic rings. The van der Waals surface area contributed by atoms with Crippen LogP contribution in [0.25, 0.3) is 10.9 Å². The van der Waals surface area contributed by atoms with E-state index in [2.05, 4.69) is 24.1 Å². The maximum Gasteiger partial charge on any atom is 0.253 e. The van der Waals surface area contributed by atoms with Crippen molar-refractivity contribution < 1.29 is 9.90 Å². The van der Waals surface area contributed by atoms with Crippen molar-refractivity contribution in [3.05, 3.63) is 36.0 Å². The molecule has 2 aromatic rings. The normalized spacial score (nSPS) is 12.8. The van der Waals surface area contributed by atoms with Crippen molar-refractivity contribution in [2.24, 2.45) is 5.92 Å². The Morgan fingerprint density at radius 3 is 2.79 bits per heavy atom. The van der Waals surface area contributed by atoms with Gasteiger partial charge in [0, 0.05) is 17.1 Å². The highest BCUT2D eigenvalue weighted by Crippen LogP contribution is 2.17. The van der Waals surface area contributed by atoms with Crippen molar-refractivity contribution in [2.45, 2.75) is 26.3 Å². The number of aromatic amines is 1. The molecule has 0 aliphatic carbocycles. The van der Waals surface area contributed by atoms with Gasteiger partial charge < -0.3 is 15.4 Å². The highest BCUT2D eigenvalue weighted by Gasteiger charge is 2.16. The number of nitrogens with one attached hydrogen (secondary N) is 2. The highest BCUT2D eigenvalue weighted by molar-refractivity contribution is 6.06. The molecule has 19 heavy (non-hydrogen) atoms. The number of aliphatic hydroxyl groups excluding tert-OH is 1. The fraction of sp³-hybridized carbons (Fsp3) is 0.400. The van der Waals surface area contributed by atoms with E-state index in [1.54, 1.807) is 6.20 Å². The van der Waals surface area contributed by atoms with Gasteiger partial charge in [0.1, 0.15) is 0 Å². The van der Waals surface area contributed by atoms with E-state index in [-0.39, 0.29) is 18.6 Å². The van der Waals surface area contributed by atoms with Gasteiger partial charge in [0.15, 0.2) is 0 Å². The van der Waals surface area contributed by atoms with Gasteiger partial charge in [-0.05, 0) is 18.4 Å². The van der Waals surface area contributed by atoms with Crippen LogP contribution in [0.5, 0.6) is 0 Å². The number of H-pyrrole nitrogens is 1. The molecule has 102 valence electrons. The Hall–Kier alpha value is -1.81. The Kier molecular flexibility index (Phi) is 4.22. The van der Waals surface area contributed by atoms with E-state index in [1.807, 2.05) is 24.3 Å². The molecule has 1 aromatic heterocycles. The molecule has 0 radical (unpaired) electrons. The van der Waals surface area contributed by atoms with Crippen LogP contribution in [0.2, 0.25) is 0 Å². The predicted octanol–water partition coefficient (Wildman–Crippen LogP) is 2.30. The SMILES string of the molecule is CC(C)CC(CO)NC(=O)c1c[nH]c2ccccc12. The fourth-order valence-electron chi connectivity index (χ4n) is 2.27. The second kappa shape index (κ2) is 5.89. The molecule has 1 amide bonds. The van der Waals surface area contributed by atoms with Gasteiger partial charge in [-0.25, -0.2) is 0 Å². The smallest absolute Gasteiger partial charge is 0.253 e. The van der Waals surface area contributed by atoms with Crippen LogP contribution in [0, 0.1) is 5.92 Å². The van der Waals surface area contributed by atoms with Gasteiger partial charge in [0.2, 0.25) is 0 Å². The van der Waals surface area contributed by atoms with E-state index in [9.17, 15) is 9.90 Å². The fourth-order valence-corrected chi connectivity index (χ4v) is 2.27. The molecule has 1 unspecified atom stereocenters. The van der Waals surface area contributed by atoms with Gasteiger partial charge in [0.05, 0.1) is 18.2 Å². The van der Waals surface area contributed by atoms with E-state index in [4.69, 9.17) is 0 Å². The molecule has 3 N–H and O–H groups in total. The molecule has 0 saturated heterocycles. The molecule has 4 nitrogen and oxygen atoms in total. The largest absolute Gasteiger partial charge is 0.394 e. The van der Waals surface area contributed by atoms with E-state index in [0.29, 0.717) is 11.5 Å². The summed E-state index contributed by atoms with van der Waals surface area (Å²) >= 11 is 0. The third-order valence-electron chi connectivity index (χ3n) is 3.15. The first kappa shape index (κ1) is 13.6. The van der Waals surface area contributed by atoms with E-state index in [0.717, 1.165) is 17.3 Å². The van der Waals surface area contributed by atoms with E-state index in [1.165, 1.54) is 0 Å². The molecule has 0 aliphatic heterocycles. The molecule has 0 fully saturated rings. The van der Waals surface area contributed by atoms with Crippen molar-refractivity contribution in [2.75, 3.05) is 6.61 Å². The number of aromatic nitrogens is 1. The van der Waals surface area contributed by atoms with Crippen molar-refractivity contribution >= 4 is 16.8 Å². The van der Waals surface area contributed by atoms with Crippen molar-refractivity contribution in [1.29, 1.82) is 0 Å². The van der Waals surface area contributed by atoms with Crippen LogP contribution >= 0.6 is 0 Å². The van der Waals surface area contributed by atoms with Gasteiger partial charge >= 0.3 is 0 Å². The molecule has 0 spiro atoms. The lowest BCUT2D eigenvalue weighted by atomic mass is 10.0. The Morgan fingerprint density at radius 2 is 2.11 bits per heavy atom. The average Bonchev–Trinajstić information content (AvgIpc) is 2.81. The molecule has 0 saturated carbocycles. The Bertz CT molecular complexity index is 560. The number of hydrogen-bond donors (Lipinski definition) is 3. The minimum absolute atomic E-state index is 0.0354. The molecular weight excluding hydrogens is 240 g/mol. The zero-order valence-corrected chi connectivity index (χ0v) is 11.3. The standard InChI is InChI=1S/C15H20N2O2/c1-10(2)7-11(9-18)17-15(19)13-8-16-14-6-4-3-5-12(13)14/h3-6,8,10-11,16,18H,7,9H2,1-2H3,(H,17,19). The van der Waals surface area contributed by atoms with Crippen LogP contribution in [0.1, 0.15) is 30.6 Å². The van der Waals surface area contributed by atoms with Gasteiger partial charge in [0.25, 0.3) is 5.91 Å². The van der Waals surface area contributed by atoms with Crippen molar-refractivity contribution in [1.82, 2.24) is 10.3 Å². The maximum absolute atomic E-state index is 12.2. The first-order valence-corrected chi connectivity index (χ1v) is 6.59. The summed E-state index contributed by atoms with van der Waals surface area (Å²) in [4.78, 5) is 15.3. The summed E-state index contributed by atoms with van der Waals surface area (Å²) in [5.41, 5.74) is 1.56. The minimum atomic E-state index is -0.193. The minimum Gasteiger partial charge on any atom is -0.394 e. The Labute approximate surface area is 112 Å². The van der Waals surface area contributed by atoms with Crippen LogP contribution < -0.4 is 5.32 Å². The first-order chi connectivity index (χ1) is 9.11. The highest BCUT2D eigenvalue weighted by atomic mass is 16.3. The summed E-state index contributed by atoms with van der Waals surface area (Å²) in [5, 5.41) is 13.1. The summed E-state index contributed by atoms with van der Waals surface area (Å²) in [5.74, 6) is 0.289. The monoisotopic (exact) mass is 260 g/mol. The zero-order valence-electron chi connectivity index (χ0n) is 11.3. The molecule has 1 aromatic carbocycles. The average molecular weight is 260 g/mol. The lowest BCUT2D eigenvalue weighted by Crippen LogP contribution is -2.38. The number of hydrogen-bond acceptors (Lipinski definition) is 2. The summed E-state index contributed by atoms with van der Waals surface area (Å²) in [6, 6.07) is 7.49. The van der Waals surface area contributed by atoms with Gasteiger partial charge in [-0.1, -0.05) is 32.0 Å². The number of benzene rings is 1.